The van der Waals surface area contributed by atoms with E-state index in [0.29, 0.717) is 0 Å². The van der Waals surface area contributed by atoms with E-state index in [4.69, 9.17) is 4.18 Å². The van der Waals surface area contributed by atoms with Gasteiger partial charge >= 0.3 is 0 Å². The maximum absolute atomic E-state index is 5.46. The van der Waals surface area contributed by atoms with E-state index in [1.54, 1.807) is 0 Å². The van der Waals surface area contributed by atoms with Crippen LogP contribution in [0.1, 0.15) is 13.8 Å². The summed E-state index contributed by atoms with van der Waals surface area (Å²) in [5.74, 6) is 1.17. The van der Waals surface area contributed by atoms with E-state index in [2.05, 4.69) is 19.4 Å². The van der Waals surface area contributed by atoms with Crippen LogP contribution in [0.5, 0.6) is 0 Å². The molecule has 0 saturated heterocycles. The Hall–Kier alpha value is 0.310. The Morgan fingerprint density at radius 3 is 1.88 bits per heavy atom. The molecule has 0 aliphatic rings. The average molecular weight is 136 g/mol. The topological polar surface area (TPSA) is 9.23 Å². The molecule has 0 rings (SSSR count). The number of hydrogen-bond acceptors (Lipinski definition) is 1. The quantitative estimate of drug-likeness (QED) is 0.577. The van der Waals surface area contributed by atoms with Gasteiger partial charge < -0.3 is 4.18 Å². The molecule has 0 radical (unpaired) electrons. The highest BCUT2D eigenvalue weighted by molar-refractivity contribution is 8.28. The maximum atomic E-state index is 5.46. The summed E-state index contributed by atoms with van der Waals surface area (Å²) in [6.07, 6.45) is 4.38. The van der Waals surface area contributed by atoms with E-state index in [-0.39, 0.29) is 0 Å². The number of rotatable bonds is 3. The van der Waals surface area contributed by atoms with Crippen LogP contribution in [0.4, 0.5) is 0 Å². The van der Waals surface area contributed by atoms with E-state index >= 15 is 0 Å². The Bertz CT molecular complexity index is 61.5. The molecule has 0 heterocycles. The molecule has 0 unspecified atom stereocenters. The van der Waals surface area contributed by atoms with Crippen molar-refractivity contribution >= 4 is 10.3 Å². The lowest BCUT2D eigenvalue weighted by Crippen LogP contribution is -2.02. The highest BCUT2D eigenvalue weighted by Gasteiger charge is 2.05. The first-order chi connectivity index (χ1) is 3.62. The maximum Gasteiger partial charge on any atom is 0.0563 e. The molecule has 0 fully saturated rings. The highest BCUT2D eigenvalue weighted by Crippen LogP contribution is 2.39. The molecule has 0 amide bonds. The van der Waals surface area contributed by atoms with Gasteiger partial charge in [0.1, 0.15) is 0 Å². The Kier molecular flexibility index (Phi) is 3.49. The van der Waals surface area contributed by atoms with E-state index in [1.807, 2.05) is 6.92 Å². The fourth-order valence-electron chi connectivity index (χ4n) is 0.402. The Morgan fingerprint density at radius 2 is 1.75 bits per heavy atom. The molecule has 0 aliphatic heterocycles. The molecule has 52 valence electrons. The summed E-state index contributed by atoms with van der Waals surface area (Å²) >= 11 is 0. The van der Waals surface area contributed by atoms with Gasteiger partial charge in [0.25, 0.3) is 0 Å². The van der Waals surface area contributed by atoms with Crippen LogP contribution < -0.4 is 0 Å². The average Bonchev–Trinajstić information content (AvgIpc) is 1.67. The highest BCUT2D eigenvalue weighted by atomic mass is 32.3. The van der Waals surface area contributed by atoms with Crippen molar-refractivity contribution in [2.24, 2.45) is 0 Å². The number of hydrogen-bond donors (Lipinski definition) is 0. The van der Waals surface area contributed by atoms with E-state index in [0.717, 1.165) is 6.61 Å². The first kappa shape index (κ1) is 8.31. The van der Waals surface area contributed by atoms with Gasteiger partial charge in [-0.15, -0.1) is 10.3 Å². The van der Waals surface area contributed by atoms with Gasteiger partial charge in [0.2, 0.25) is 0 Å². The third kappa shape index (κ3) is 3.33. The van der Waals surface area contributed by atoms with Crippen LogP contribution in [0.25, 0.3) is 0 Å². The molecule has 0 aliphatic carbocycles. The summed E-state index contributed by atoms with van der Waals surface area (Å²) in [5.41, 5.74) is 0. The van der Waals surface area contributed by atoms with Gasteiger partial charge in [-0.2, -0.15) is 0 Å². The van der Waals surface area contributed by atoms with Crippen LogP contribution in [0.15, 0.2) is 0 Å². The van der Waals surface area contributed by atoms with E-state index < -0.39 is 10.3 Å². The SMILES string of the molecule is CCOS(C)(C)CC. The van der Waals surface area contributed by atoms with Gasteiger partial charge in [-0.1, -0.05) is 6.92 Å². The fourth-order valence-corrected chi connectivity index (χ4v) is 1.21. The summed E-state index contributed by atoms with van der Waals surface area (Å²) in [4.78, 5) is 0. The minimum atomic E-state index is -0.670. The van der Waals surface area contributed by atoms with Crippen molar-refractivity contribution in [1.29, 1.82) is 0 Å². The molecule has 8 heavy (non-hydrogen) atoms. The van der Waals surface area contributed by atoms with Gasteiger partial charge in [-0.25, -0.2) is 0 Å². The van der Waals surface area contributed by atoms with Gasteiger partial charge in [0, 0.05) is 0 Å². The molecule has 0 aromatic carbocycles. The Labute approximate surface area is 53.9 Å². The van der Waals surface area contributed by atoms with Gasteiger partial charge in [0.05, 0.1) is 6.61 Å². The van der Waals surface area contributed by atoms with Crippen molar-refractivity contribution in [2.45, 2.75) is 13.8 Å². The lowest BCUT2D eigenvalue weighted by Gasteiger charge is -2.28. The predicted molar refractivity (Wildman–Crippen MR) is 41.6 cm³/mol. The van der Waals surface area contributed by atoms with Crippen LogP contribution in [-0.2, 0) is 4.18 Å². The van der Waals surface area contributed by atoms with E-state index in [1.165, 1.54) is 5.75 Å². The third-order valence-electron chi connectivity index (χ3n) is 1.13. The molecular formula is C6H16OS. The summed E-state index contributed by atoms with van der Waals surface area (Å²) in [6, 6.07) is 0. The predicted octanol–water partition coefficient (Wildman–Crippen LogP) is 2.02. The van der Waals surface area contributed by atoms with E-state index in [9.17, 15) is 0 Å². The fraction of sp³-hybridized carbons (Fsp3) is 1.00. The first-order valence-corrected chi connectivity index (χ1v) is 5.52. The summed E-state index contributed by atoms with van der Waals surface area (Å²) < 4.78 is 5.46. The van der Waals surface area contributed by atoms with Crippen LogP contribution in [0.2, 0.25) is 0 Å². The largest absolute Gasteiger partial charge is 0.337 e. The van der Waals surface area contributed by atoms with Gasteiger partial charge in [0.15, 0.2) is 0 Å². The van der Waals surface area contributed by atoms with Crippen LogP contribution in [-0.4, -0.2) is 24.9 Å². The molecule has 0 bridgehead atoms. The first-order valence-electron chi connectivity index (χ1n) is 2.97. The molecule has 1 nitrogen and oxygen atoms in total. The van der Waals surface area contributed by atoms with Crippen LogP contribution >= 0.6 is 10.3 Å². The second-order valence-electron chi connectivity index (χ2n) is 2.13. The van der Waals surface area contributed by atoms with Gasteiger partial charge in [-0.05, 0) is 25.2 Å². The zero-order valence-corrected chi connectivity index (χ0v) is 7.05. The molecule has 0 saturated carbocycles. The second-order valence-corrected chi connectivity index (χ2v) is 5.82. The van der Waals surface area contributed by atoms with Crippen molar-refractivity contribution in [3.05, 3.63) is 0 Å². The standard InChI is InChI=1S/C6H16OS/c1-5-7-8(3,4)6-2/h5-6H2,1-4H3. The van der Waals surface area contributed by atoms with Crippen LogP contribution in [0, 0.1) is 0 Å². The summed E-state index contributed by atoms with van der Waals surface area (Å²) in [7, 11) is -0.670. The van der Waals surface area contributed by atoms with Crippen LogP contribution in [0.3, 0.4) is 0 Å². The molecule has 0 N–H and O–H groups in total. The summed E-state index contributed by atoms with van der Waals surface area (Å²) in [6.45, 7) is 5.07. The molecule has 2 heteroatoms. The molecule has 0 atom stereocenters. The summed E-state index contributed by atoms with van der Waals surface area (Å²) in [5, 5.41) is 0. The Morgan fingerprint density at radius 1 is 1.25 bits per heavy atom. The second kappa shape index (κ2) is 3.36. The zero-order chi connectivity index (χ0) is 6.62. The lowest BCUT2D eigenvalue weighted by molar-refractivity contribution is 0.386. The minimum absolute atomic E-state index is 0.670. The van der Waals surface area contributed by atoms with Crippen molar-refractivity contribution < 1.29 is 4.18 Å². The van der Waals surface area contributed by atoms with Gasteiger partial charge in [-0.3, -0.25) is 0 Å². The Balaban J connectivity index is 3.37. The molecule has 0 aromatic rings. The smallest absolute Gasteiger partial charge is 0.0563 e. The normalized spacial score (nSPS) is 14.0. The van der Waals surface area contributed by atoms with Crippen molar-refractivity contribution in [2.75, 3.05) is 24.9 Å². The third-order valence-corrected chi connectivity index (χ3v) is 3.40. The van der Waals surface area contributed by atoms with Crippen molar-refractivity contribution in [3.8, 4) is 0 Å². The zero-order valence-electron chi connectivity index (χ0n) is 6.23. The minimum Gasteiger partial charge on any atom is -0.337 e. The lowest BCUT2D eigenvalue weighted by atomic mass is 10.9. The monoisotopic (exact) mass is 136 g/mol. The molecule has 0 aromatic heterocycles. The molecule has 0 spiro atoms. The molecular weight excluding hydrogens is 120 g/mol. The van der Waals surface area contributed by atoms with Crippen molar-refractivity contribution in [3.63, 3.8) is 0 Å². The van der Waals surface area contributed by atoms with Crippen molar-refractivity contribution in [1.82, 2.24) is 0 Å².